The fourth-order valence-corrected chi connectivity index (χ4v) is 4.58. The molecule has 0 aliphatic heterocycles. The lowest BCUT2D eigenvalue weighted by atomic mass is 9.68. The molecule has 3 heteroatoms. The van der Waals surface area contributed by atoms with E-state index in [0.717, 1.165) is 11.8 Å². The molecular weight excluding hydrogens is 244 g/mol. The van der Waals surface area contributed by atoms with E-state index in [9.17, 15) is 8.78 Å². The minimum absolute atomic E-state index is 0.0909. The first-order valence-electron chi connectivity index (χ1n) is 7.96. The van der Waals surface area contributed by atoms with E-state index >= 15 is 0 Å². The Labute approximate surface area is 116 Å². The molecule has 0 aromatic heterocycles. The zero-order valence-electron chi connectivity index (χ0n) is 12.6. The maximum absolute atomic E-state index is 13.3. The molecule has 3 atom stereocenters. The predicted molar refractivity (Wildman–Crippen MR) is 75.4 cm³/mol. The monoisotopic (exact) mass is 273 g/mol. The molecule has 0 aromatic carbocycles. The smallest absolute Gasteiger partial charge is 0.248 e. The average molecular weight is 273 g/mol. The van der Waals surface area contributed by atoms with Crippen LogP contribution in [0.25, 0.3) is 0 Å². The van der Waals surface area contributed by atoms with Gasteiger partial charge < -0.3 is 5.32 Å². The van der Waals surface area contributed by atoms with Gasteiger partial charge in [-0.3, -0.25) is 0 Å². The Morgan fingerprint density at radius 3 is 1.95 bits per heavy atom. The molecule has 2 aliphatic carbocycles. The molecule has 0 spiro atoms. The number of hydrogen-bond donors (Lipinski definition) is 1. The van der Waals surface area contributed by atoms with E-state index in [4.69, 9.17) is 0 Å². The van der Waals surface area contributed by atoms with E-state index < -0.39 is 5.92 Å². The van der Waals surface area contributed by atoms with Crippen LogP contribution in [0.1, 0.15) is 58.8 Å². The summed E-state index contributed by atoms with van der Waals surface area (Å²) in [5.41, 5.74) is 0. The van der Waals surface area contributed by atoms with Crippen molar-refractivity contribution in [2.24, 2.45) is 23.7 Å². The molecule has 2 aliphatic rings. The average Bonchev–Trinajstić information content (AvgIpc) is 2.31. The fourth-order valence-electron chi connectivity index (χ4n) is 4.58. The number of rotatable bonds is 3. The fraction of sp³-hybridized carbons (Fsp3) is 1.00. The summed E-state index contributed by atoms with van der Waals surface area (Å²) in [7, 11) is 2.02. The van der Waals surface area contributed by atoms with Crippen LogP contribution in [0.2, 0.25) is 0 Å². The minimum atomic E-state index is -2.40. The molecule has 0 heterocycles. The lowest BCUT2D eigenvalue weighted by Crippen LogP contribution is -2.45. The Morgan fingerprint density at radius 2 is 1.47 bits per heavy atom. The van der Waals surface area contributed by atoms with Crippen molar-refractivity contribution in [3.63, 3.8) is 0 Å². The first-order chi connectivity index (χ1) is 8.91. The maximum Gasteiger partial charge on any atom is 0.248 e. The molecule has 2 fully saturated rings. The van der Waals surface area contributed by atoms with Crippen molar-refractivity contribution in [1.29, 1.82) is 0 Å². The van der Waals surface area contributed by atoms with Crippen LogP contribution in [0, 0.1) is 23.7 Å². The van der Waals surface area contributed by atoms with Crippen LogP contribution < -0.4 is 5.32 Å². The topological polar surface area (TPSA) is 12.0 Å². The third-order valence-corrected chi connectivity index (χ3v) is 5.33. The zero-order chi connectivity index (χ0) is 14.0. The predicted octanol–water partition coefficient (Wildman–Crippen LogP) is 4.47. The first-order valence-corrected chi connectivity index (χ1v) is 7.96. The van der Waals surface area contributed by atoms with Gasteiger partial charge in [0, 0.05) is 18.9 Å². The molecule has 1 N–H and O–H groups in total. The Kier molecular flexibility index (Phi) is 4.86. The van der Waals surface area contributed by atoms with Crippen molar-refractivity contribution in [3.8, 4) is 0 Å². The largest absolute Gasteiger partial charge is 0.316 e. The van der Waals surface area contributed by atoms with E-state index in [2.05, 4.69) is 19.2 Å². The summed E-state index contributed by atoms with van der Waals surface area (Å²) >= 11 is 0. The van der Waals surface area contributed by atoms with Crippen molar-refractivity contribution in [3.05, 3.63) is 0 Å². The van der Waals surface area contributed by atoms with Gasteiger partial charge in [-0.2, -0.15) is 0 Å². The van der Waals surface area contributed by atoms with E-state index in [0.29, 0.717) is 30.7 Å². The third kappa shape index (κ3) is 3.90. The van der Waals surface area contributed by atoms with Crippen molar-refractivity contribution < 1.29 is 8.78 Å². The second kappa shape index (κ2) is 6.07. The van der Waals surface area contributed by atoms with Crippen LogP contribution in [0.3, 0.4) is 0 Å². The molecule has 0 saturated heterocycles. The zero-order valence-corrected chi connectivity index (χ0v) is 12.6. The van der Waals surface area contributed by atoms with Crippen LogP contribution in [0.15, 0.2) is 0 Å². The Morgan fingerprint density at radius 1 is 0.947 bits per heavy atom. The molecular formula is C16H29F2N. The standard InChI is InChI=1S/C16H29F2N/c1-11-8-12(2)10-14(9-11)15(19-3)13-4-6-16(17,18)7-5-13/h11-15,19H,4-10H2,1-3H3. The minimum Gasteiger partial charge on any atom is -0.316 e. The summed E-state index contributed by atoms with van der Waals surface area (Å²) in [6, 6.07) is 0.446. The summed E-state index contributed by atoms with van der Waals surface area (Å²) in [5.74, 6) is 0.305. The van der Waals surface area contributed by atoms with E-state index in [-0.39, 0.29) is 12.8 Å². The summed E-state index contributed by atoms with van der Waals surface area (Å²) < 4.78 is 26.6. The van der Waals surface area contributed by atoms with E-state index in [1.165, 1.54) is 19.3 Å². The summed E-state index contributed by atoms with van der Waals surface area (Å²) in [6.07, 6.45) is 5.43. The number of alkyl halides is 2. The van der Waals surface area contributed by atoms with Gasteiger partial charge in [-0.15, -0.1) is 0 Å². The van der Waals surface area contributed by atoms with Crippen LogP contribution >= 0.6 is 0 Å². The van der Waals surface area contributed by atoms with Crippen LogP contribution in [-0.2, 0) is 0 Å². The second-order valence-corrected chi connectivity index (χ2v) is 7.19. The summed E-state index contributed by atoms with van der Waals surface area (Å²) in [4.78, 5) is 0. The van der Waals surface area contributed by atoms with Gasteiger partial charge >= 0.3 is 0 Å². The Balaban J connectivity index is 1.96. The number of hydrogen-bond acceptors (Lipinski definition) is 1. The molecule has 2 rings (SSSR count). The van der Waals surface area contributed by atoms with Gasteiger partial charge in [-0.05, 0) is 62.8 Å². The Bertz CT molecular complexity index is 272. The van der Waals surface area contributed by atoms with Crippen molar-refractivity contribution in [1.82, 2.24) is 5.32 Å². The first kappa shape index (κ1) is 15.2. The van der Waals surface area contributed by atoms with Crippen LogP contribution in [0.5, 0.6) is 0 Å². The van der Waals surface area contributed by atoms with Gasteiger partial charge in [-0.1, -0.05) is 13.8 Å². The number of halogens is 2. The van der Waals surface area contributed by atoms with Crippen LogP contribution in [0.4, 0.5) is 8.78 Å². The van der Waals surface area contributed by atoms with Crippen molar-refractivity contribution >= 4 is 0 Å². The number of nitrogens with one attached hydrogen (secondary N) is 1. The molecule has 19 heavy (non-hydrogen) atoms. The summed E-state index contributed by atoms with van der Waals surface area (Å²) in [5, 5.41) is 3.47. The SMILES string of the molecule is CNC(C1CCC(F)(F)CC1)C1CC(C)CC(C)C1. The van der Waals surface area contributed by atoms with Gasteiger partial charge in [0.2, 0.25) is 5.92 Å². The van der Waals surface area contributed by atoms with Gasteiger partial charge in [0.1, 0.15) is 0 Å². The third-order valence-electron chi connectivity index (χ3n) is 5.33. The lowest BCUT2D eigenvalue weighted by Gasteiger charge is -2.42. The van der Waals surface area contributed by atoms with Crippen molar-refractivity contribution in [2.75, 3.05) is 7.05 Å². The highest BCUT2D eigenvalue weighted by atomic mass is 19.3. The molecule has 1 nitrogen and oxygen atoms in total. The molecule has 0 bridgehead atoms. The lowest BCUT2D eigenvalue weighted by molar-refractivity contribution is -0.0534. The normalized spacial score (nSPS) is 38.1. The highest BCUT2D eigenvalue weighted by Crippen LogP contribution is 2.42. The Hall–Kier alpha value is -0.180. The van der Waals surface area contributed by atoms with Gasteiger partial charge in [0.05, 0.1) is 0 Å². The van der Waals surface area contributed by atoms with Gasteiger partial charge in [-0.25, -0.2) is 8.78 Å². The maximum atomic E-state index is 13.3. The van der Waals surface area contributed by atoms with Crippen LogP contribution in [-0.4, -0.2) is 19.0 Å². The second-order valence-electron chi connectivity index (χ2n) is 7.19. The molecule has 0 radical (unpaired) electrons. The van der Waals surface area contributed by atoms with E-state index in [1.54, 1.807) is 0 Å². The van der Waals surface area contributed by atoms with E-state index in [1.807, 2.05) is 7.05 Å². The molecule has 0 aromatic rings. The summed E-state index contributed by atoms with van der Waals surface area (Å²) in [6.45, 7) is 4.68. The highest BCUT2D eigenvalue weighted by Gasteiger charge is 2.40. The molecule has 112 valence electrons. The highest BCUT2D eigenvalue weighted by molar-refractivity contribution is 4.90. The molecule has 3 unspecified atom stereocenters. The molecule has 0 amide bonds. The van der Waals surface area contributed by atoms with Gasteiger partial charge in [0.25, 0.3) is 0 Å². The van der Waals surface area contributed by atoms with Crippen molar-refractivity contribution in [2.45, 2.75) is 70.8 Å². The quantitative estimate of drug-likeness (QED) is 0.800. The molecule has 2 saturated carbocycles. The van der Waals surface area contributed by atoms with Gasteiger partial charge in [0.15, 0.2) is 0 Å².